The van der Waals surface area contributed by atoms with Crippen LogP contribution < -0.4 is 5.73 Å². The zero-order chi connectivity index (χ0) is 10.7. The van der Waals surface area contributed by atoms with Crippen LogP contribution in [0.15, 0.2) is 18.3 Å². The standard InChI is InChI=1S/C10H8N4O/c11-9(15)5-1-4-8-7-3-2-6-12-10(7)14-13-8/h2-3,6H,5H2,(H2,11,15)(H,12,13,14). The van der Waals surface area contributed by atoms with Gasteiger partial charge in [0.1, 0.15) is 5.69 Å². The van der Waals surface area contributed by atoms with Crippen LogP contribution in [0, 0.1) is 11.8 Å². The minimum absolute atomic E-state index is 0.0424. The maximum Gasteiger partial charge on any atom is 0.229 e. The maximum atomic E-state index is 10.5. The molecule has 74 valence electrons. The molecule has 2 rings (SSSR count). The van der Waals surface area contributed by atoms with Crippen molar-refractivity contribution in [3.8, 4) is 11.8 Å². The van der Waals surface area contributed by atoms with Gasteiger partial charge in [-0.05, 0) is 18.1 Å². The monoisotopic (exact) mass is 200 g/mol. The quantitative estimate of drug-likeness (QED) is 0.644. The Morgan fingerprint density at radius 3 is 3.27 bits per heavy atom. The number of carbonyl (C=O) groups is 1. The summed E-state index contributed by atoms with van der Waals surface area (Å²) in [6.45, 7) is 0. The zero-order valence-corrected chi connectivity index (χ0v) is 7.82. The number of pyridine rings is 1. The molecule has 2 aromatic heterocycles. The third-order valence-electron chi connectivity index (χ3n) is 1.81. The number of nitrogens with zero attached hydrogens (tertiary/aromatic N) is 2. The van der Waals surface area contributed by atoms with Gasteiger partial charge in [0.25, 0.3) is 0 Å². The van der Waals surface area contributed by atoms with E-state index in [9.17, 15) is 4.79 Å². The minimum Gasteiger partial charge on any atom is -0.369 e. The highest BCUT2D eigenvalue weighted by Gasteiger charge is 2.01. The molecule has 0 aromatic carbocycles. The Morgan fingerprint density at radius 1 is 1.60 bits per heavy atom. The van der Waals surface area contributed by atoms with Gasteiger partial charge in [0.15, 0.2) is 5.65 Å². The van der Waals surface area contributed by atoms with E-state index in [0.29, 0.717) is 11.3 Å². The van der Waals surface area contributed by atoms with Gasteiger partial charge in [0.05, 0.1) is 11.8 Å². The second-order valence-electron chi connectivity index (χ2n) is 2.92. The van der Waals surface area contributed by atoms with Gasteiger partial charge in [-0.3, -0.25) is 9.89 Å². The largest absolute Gasteiger partial charge is 0.369 e. The Kier molecular flexibility index (Phi) is 2.33. The number of nitrogens with one attached hydrogen (secondary N) is 1. The van der Waals surface area contributed by atoms with Gasteiger partial charge >= 0.3 is 0 Å². The Bertz CT molecular complexity index is 561. The third kappa shape index (κ3) is 1.94. The molecule has 2 heterocycles. The molecule has 0 spiro atoms. The summed E-state index contributed by atoms with van der Waals surface area (Å²) in [5, 5.41) is 7.55. The lowest BCUT2D eigenvalue weighted by Gasteiger charge is -1.85. The molecule has 0 saturated carbocycles. The molecule has 1 amide bonds. The van der Waals surface area contributed by atoms with Crippen LogP contribution in [0.2, 0.25) is 0 Å². The SMILES string of the molecule is NC(=O)CC#Cc1[nH]nc2ncccc12. The lowest BCUT2D eigenvalue weighted by atomic mass is 10.2. The number of carbonyl (C=O) groups excluding carboxylic acids is 1. The molecule has 0 aliphatic heterocycles. The molecular weight excluding hydrogens is 192 g/mol. The summed E-state index contributed by atoms with van der Waals surface area (Å²) in [5.74, 6) is 5.01. The van der Waals surface area contributed by atoms with Crippen molar-refractivity contribution in [2.24, 2.45) is 5.73 Å². The van der Waals surface area contributed by atoms with Crippen molar-refractivity contribution in [1.29, 1.82) is 0 Å². The fraction of sp³-hybridized carbons (Fsp3) is 0.100. The zero-order valence-electron chi connectivity index (χ0n) is 7.82. The lowest BCUT2D eigenvalue weighted by molar-refractivity contribution is -0.117. The molecule has 0 aliphatic rings. The Balaban J connectivity index is 2.35. The van der Waals surface area contributed by atoms with Crippen molar-refractivity contribution < 1.29 is 4.79 Å². The molecule has 3 N–H and O–H groups in total. The van der Waals surface area contributed by atoms with E-state index in [2.05, 4.69) is 27.0 Å². The third-order valence-corrected chi connectivity index (χ3v) is 1.81. The normalized spacial score (nSPS) is 9.60. The van der Waals surface area contributed by atoms with Gasteiger partial charge in [-0.2, -0.15) is 5.10 Å². The van der Waals surface area contributed by atoms with E-state index in [1.807, 2.05) is 6.07 Å². The summed E-state index contributed by atoms with van der Waals surface area (Å²) in [6.07, 6.45) is 1.70. The van der Waals surface area contributed by atoms with Gasteiger partial charge in [0.2, 0.25) is 5.91 Å². The fourth-order valence-corrected chi connectivity index (χ4v) is 1.17. The van der Waals surface area contributed by atoms with E-state index in [4.69, 9.17) is 5.73 Å². The number of aromatic amines is 1. The Hall–Kier alpha value is -2.35. The van der Waals surface area contributed by atoms with Gasteiger partial charge in [-0.1, -0.05) is 5.92 Å². The summed E-state index contributed by atoms with van der Waals surface area (Å²) in [4.78, 5) is 14.5. The van der Waals surface area contributed by atoms with Crippen LogP contribution in [0.3, 0.4) is 0 Å². The first-order valence-electron chi connectivity index (χ1n) is 4.33. The van der Waals surface area contributed by atoms with Crippen LogP contribution in [0.1, 0.15) is 12.1 Å². The van der Waals surface area contributed by atoms with Crippen LogP contribution in [0.5, 0.6) is 0 Å². The van der Waals surface area contributed by atoms with E-state index in [1.54, 1.807) is 12.3 Å². The molecule has 2 aromatic rings. The van der Waals surface area contributed by atoms with Gasteiger partial charge in [-0.25, -0.2) is 4.98 Å². The molecule has 0 atom stereocenters. The average molecular weight is 200 g/mol. The number of H-pyrrole nitrogens is 1. The van der Waals surface area contributed by atoms with Crippen LogP contribution in [0.25, 0.3) is 11.0 Å². The molecule has 15 heavy (non-hydrogen) atoms. The fourth-order valence-electron chi connectivity index (χ4n) is 1.17. The molecule has 0 radical (unpaired) electrons. The van der Waals surface area contributed by atoms with Gasteiger partial charge < -0.3 is 5.73 Å². The molecule has 0 bridgehead atoms. The highest BCUT2D eigenvalue weighted by Crippen LogP contribution is 2.10. The smallest absolute Gasteiger partial charge is 0.229 e. The van der Waals surface area contributed by atoms with Gasteiger partial charge in [-0.15, -0.1) is 0 Å². The van der Waals surface area contributed by atoms with Crippen molar-refractivity contribution in [3.05, 3.63) is 24.0 Å². The molecule has 0 unspecified atom stereocenters. The second-order valence-corrected chi connectivity index (χ2v) is 2.92. The number of primary amides is 1. The van der Waals surface area contributed by atoms with E-state index in [0.717, 1.165) is 5.39 Å². The number of fused-ring (bicyclic) bond motifs is 1. The van der Waals surface area contributed by atoms with E-state index in [-0.39, 0.29) is 6.42 Å². The second kappa shape index (κ2) is 3.80. The molecule has 5 heteroatoms. The molecule has 0 saturated heterocycles. The van der Waals surface area contributed by atoms with E-state index >= 15 is 0 Å². The van der Waals surface area contributed by atoms with Crippen molar-refractivity contribution in [2.45, 2.75) is 6.42 Å². The number of aromatic nitrogens is 3. The molecule has 5 nitrogen and oxygen atoms in total. The van der Waals surface area contributed by atoms with Crippen molar-refractivity contribution in [2.75, 3.05) is 0 Å². The first-order chi connectivity index (χ1) is 7.27. The van der Waals surface area contributed by atoms with Crippen LogP contribution in [0.4, 0.5) is 0 Å². The van der Waals surface area contributed by atoms with E-state index < -0.39 is 5.91 Å². The van der Waals surface area contributed by atoms with E-state index in [1.165, 1.54) is 0 Å². The number of amides is 1. The van der Waals surface area contributed by atoms with Crippen LogP contribution in [-0.2, 0) is 4.79 Å². The number of hydrogen-bond acceptors (Lipinski definition) is 3. The first-order valence-corrected chi connectivity index (χ1v) is 4.33. The predicted octanol–water partition coefficient (Wildman–Crippen LogP) is 0.185. The van der Waals surface area contributed by atoms with Gasteiger partial charge in [0, 0.05) is 6.20 Å². The van der Waals surface area contributed by atoms with Crippen molar-refractivity contribution >= 4 is 16.9 Å². The number of rotatable bonds is 1. The summed E-state index contributed by atoms with van der Waals surface area (Å²) in [7, 11) is 0. The molecule has 0 fully saturated rings. The Morgan fingerprint density at radius 2 is 2.47 bits per heavy atom. The van der Waals surface area contributed by atoms with Crippen LogP contribution in [-0.4, -0.2) is 21.1 Å². The van der Waals surface area contributed by atoms with Crippen molar-refractivity contribution in [3.63, 3.8) is 0 Å². The van der Waals surface area contributed by atoms with Crippen molar-refractivity contribution in [1.82, 2.24) is 15.2 Å². The van der Waals surface area contributed by atoms with Crippen LogP contribution >= 0.6 is 0 Å². The highest BCUT2D eigenvalue weighted by atomic mass is 16.1. The maximum absolute atomic E-state index is 10.5. The highest BCUT2D eigenvalue weighted by molar-refractivity contribution is 5.81. The molecule has 0 aliphatic carbocycles. The Labute approximate surface area is 85.7 Å². The number of nitrogens with two attached hydrogens (primary N) is 1. The average Bonchev–Trinajstić information content (AvgIpc) is 2.62. The predicted molar refractivity (Wildman–Crippen MR) is 54.6 cm³/mol. The minimum atomic E-state index is -0.440. The lowest BCUT2D eigenvalue weighted by Crippen LogP contribution is -2.08. The number of hydrogen-bond donors (Lipinski definition) is 2. The summed E-state index contributed by atoms with van der Waals surface area (Å²) in [6, 6.07) is 3.66. The molecular formula is C10H8N4O. The first kappa shape index (κ1) is 9.21. The summed E-state index contributed by atoms with van der Waals surface area (Å²) < 4.78 is 0. The topological polar surface area (TPSA) is 84.7 Å². The summed E-state index contributed by atoms with van der Waals surface area (Å²) >= 11 is 0. The summed E-state index contributed by atoms with van der Waals surface area (Å²) in [5.41, 5.74) is 6.23.